The number of hydrogen-bond acceptors (Lipinski definition) is 4. The van der Waals surface area contributed by atoms with Crippen LogP contribution in [0.5, 0.6) is 5.75 Å². The van der Waals surface area contributed by atoms with Crippen LogP contribution in [0.25, 0.3) is 0 Å². The minimum absolute atomic E-state index is 0.124. The molecule has 0 bridgehead atoms. The number of carbonyl (C=O) groups excluding carboxylic acids is 1. The third-order valence-corrected chi connectivity index (χ3v) is 3.28. The van der Waals surface area contributed by atoms with Gasteiger partial charge >= 0.3 is 0 Å². The van der Waals surface area contributed by atoms with Gasteiger partial charge in [-0.3, -0.25) is 4.79 Å². The molecule has 2 rings (SSSR count). The molecule has 1 heterocycles. The molecule has 5 nitrogen and oxygen atoms in total. The normalized spacial score (nSPS) is 16.8. The quantitative estimate of drug-likeness (QED) is 0.854. The van der Waals surface area contributed by atoms with Crippen molar-refractivity contribution in [2.45, 2.75) is 0 Å². The largest absolute Gasteiger partial charge is 0.497 e. The Kier molecular flexibility index (Phi) is 3.54. The summed E-state index contributed by atoms with van der Waals surface area (Å²) in [5.74, 6) is 0.616. The van der Waals surface area contributed by atoms with E-state index in [-0.39, 0.29) is 25.7 Å². The lowest BCUT2D eigenvalue weighted by molar-refractivity contribution is -0.166. The van der Waals surface area contributed by atoms with Crippen LogP contribution in [0, 0.1) is 5.41 Å². The molecule has 1 amide bonds. The summed E-state index contributed by atoms with van der Waals surface area (Å²) >= 11 is 0. The van der Waals surface area contributed by atoms with E-state index in [9.17, 15) is 9.90 Å². The zero-order valence-corrected chi connectivity index (χ0v) is 10.5. The van der Waals surface area contributed by atoms with E-state index in [1.54, 1.807) is 38.4 Å². The second-order valence-corrected chi connectivity index (χ2v) is 4.49. The Morgan fingerprint density at radius 1 is 1.44 bits per heavy atom. The smallest absolute Gasteiger partial charge is 0.239 e. The van der Waals surface area contributed by atoms with Gasteiger partial charge in [-0.2, -0.15) is 0 Å². The minimum atomic E-state index is -0.769. The number of carbonyl (C=O) groups is 1. The molecule has 1 saturated heterocycles. The number of amides is 1. The van der Waals surface area contributed by atoms with E-state index in [0.717, 1.165) is 11.4 Å². The summed E-state index contributed by atoms with van der Waals surface area (Å²) in [6, 6.07) is 7.20. The van der Waals surface area contributed by atoms with E-state index >= 15 is 0 Å². The predicted octanol–water partition coefficient (Wildman–Crippen LogP) is 0.667. The second-order valence-electron chi connectivity index (χ2n) is 4.49. The monoisotopic (exact) mass is 251 g/mol. The Balaban J connectivity index is 2.14. The van der Waals surface area contributed by atoms with Crippen LogP contribution < -0.4 is 9.64 Å². The molecule has 0 saturated carbocycles. The molecule has 0 unspecified atom stereocenters. The third-order valence-electron chi connectivity index (χ3n) is 3.28. The summed E-state index contributed by atoms with van der Waals surface area (Å²) < 4.78 is 10.1. The number of anilines is 1. The van der Waals surface area contributed by atoms with E-state index in [1.807, 2.05) is 0 Å². The summed E-state index contributed by atoms with van der Waals surface area (Å²) in [7, 11) is 3.29. The van der Waals surface area contributed by atoms with Crippen molar-refractivity contribution in [3.05, 3.63) is 24.3 Å². The highest BCUT2D eigenvalue weighted by atomic mass is 16.5. The van der Waals surface area contributed by atoms with Crippen molar-refractivity contribution in [1.29, 1.82) is 0 Å². The van der Waals surface area contributed by atoms with E-state index in [4.69, 9.17) is 9.47 Å². The van der Waals surface area contributed by atoms with Crippen LogP contribution in [-0.2, 0) is 9.53 Å². The molecule has 1 aromatic rings. The van der Waals surface area contributed by atoms with Crippen LogP contribution in [0.15, 0.2) is 24.3 Å². The number of benzene rings is 1. The Bertz CT molecular complexity index is 420. The van der Waals surface area contributed by atoms with Gasteiger partial charge in [0.25, 0.3) is 0 Å². The highest BCUT2D eigenvalue weighted by Crippen LogP contribution is 2.31. The molecule has 0 aromatic heterocycles. The van der Waals surface area contributed by atoms with Crippen molar-refractivity contribution in [3.8, 4) is 5.75 Å². The molecule has 0 spiro atoms. The molecule has 1 aliphatic heterocycles. The second kappa shape index (κ2) is 4.96. The molecule has 1 N–H and O–H groups in total. The first-order valence-corrected chi connectivity index (χ1v) is 5.74. The standard InChI is InChI=1S/C13H17NO4/c1-14(10-3-5-11(17-2)6-4-10)12(16)13(7-15)8-18-9-13/h3-6,15H,7-9H2,1-2H3. The van der Waals surface area contributed by atoms with Crippen LogP contribution in [0.1, 0.15) is 0 Å². The zero-order valence-electron chi connectivity index (χ0n) is 10.5. The summed E-state index contributed by atoms with van der Waals surface area (Å²) in [6.45, 7) is 0.373. The van der Waals surface area contributed by atoms with Crippen molar-refractivity contribution in [2.75, 3.05) is 38.9 Å². The average Bonchev–Trinajstić information content (AvgIpc) is 2.37. The fourth-order valence-corrected chi connectivity index (χ4v) is 1.91. The fraction of sp³-hybridized carbons (Fsp3) is 0.462. The SMILES string of the molecule is COc1ccc(N(C)C(=O)C2(CO)COC2)cc1. The summed E-state index contributed by atoms with van der Waals surface area (Å²) in [6.07, 6.45) is 0. The van der Waals surface area contributed by atoms with Gasteiger partial charge in [0.2, 0.25) is 5.91 Å². The number of nitrogens with zero attached hydrogens (tertiary/aromatic N) is 1. The maximum Gasteiger partial charge on any atom is 0.239 e. The van der Waals surface area contributed by atoms with Gasteiger partial charge < -0.3 is 19.5 Å². The maximum atomic E-state index is 12.3. The van der Waals surface area contributed by atoms with Gasteiger partial charge in [-0.15, -0.1) is 0 Å². The van der Waals surface area contributed by atoms with Crippen LogP contribution >= 0.6 is 0 Å². The number of aliphatic hydroxyl groups excluding tert-OH is 1. The molecule has 0 radical (unpaired) electrons. The average molecular weight is 251 g/mol. The van der Waals surface area contributed by atoms with Crippen molar-refractivity contribution < 1.29 is 19.4 Å². The summed E-state index contributed by atoms with van der Waals surface area (Å²) in [4.78, 5) is 13.8. The third kappa shape index (κ3) is 2.07. The molecule has 18 heavy (non-hydrogen) atoms. The van der Waals surface area contributed by atoms with Crippen molar-refractivity contribution >= 4 is 11.6 Å². The van der Waals surface area contributed by atoms with Crippen LogP contribution in [-0.4, -0.2) is 45.0 Å². The lowest BCUT2D eigenvalue weighted by Gasteiger charge is -2.40. The van der Waals surface area contributed by atoms with E-state index < -0.39 is 5.41 Å². The van der Waals surface area contributed by atoms with E-state index in [1.165, 1.54) is 4.90 Å². The molecular formula is C13H17NO4. The number of ether oxygens (including phenoxy) is 2. The molecule has 1 aromatic carbocycles. The summed E-state index contributed by atoms with van der Waals surface area (Å²) in [5, 5.41) is 9.34. The van der Waals surface area contributed by atoms with Crippen molar-refractivity contribution in [3.63, 3.8) is 0 Å². The molecule has 98 valence electrons. The molecular weight excluding hydrogens is 234 g/mol. The Hall–Kier alpha value is -1.59. The highest BCUT2D eigenvalue weighted by molar-refractivity contribution is 5.98. The van der Waals surface area contributed by atoms with E-state index in [2.05, 4.69) is 0 Å². The first kappa shape index (κ1) is 12.9. The van der Waals surface area contributed by atoms with E-state index in [0.29, 0.717) is 0 Å². The predicted molar refractivity (Wildman–Crippen MR) is 66.7 cm³/mol. The van der Waals surface area contributed by atoms with Gasteiger partial charge in [0.1, 0.15) is 11.2 Å². The lowest BCUT2D eigenvalue weighted by atomic mass is 9.85. The summed E-state index contributed by atoms with van der Waals surface area (Å²) in [5.41, 5.74) is -0.00479. The molecule has 0 aliphatic carbocycles. The maximum absolute atomic E-state index is 12.3. The van der Waals surface area contributed by atoms with Gasteiger partial charge in [0.05, 0.1) is 26.9 Å². The lowest BCUT2D eigenvalue weighted by Crippen LogP contribution is -2.56. The van der Waals surface area contributed by atoms with Gasteiger partial charge in [-0.1, -0.05) is 0 Å². The topological polar surface area (TPSA) is 59.0 Å². The highest BCUT2D eigenvalue weighted by Gasteiger charge is 2.47. The van der Waals surface area contributed by atoms with Crippen molar-refractivity contribution in [1.82, 2.24) is 0 Å². The Morgan fingerprint density at radius 2 is 2.06 bits per heavy atom. The zero-order chi connectivity index (χ0) is 13.2. The molecule has 1 fully saturated rings. The van der Waals surface area contributed by atoms with Crippen LogP contribution in [0.2, 0.25) is 0 Å². The Labute approximate surface area is 106 Å². The minimum Gasteiger partial charge on any atom is -0.497 e. The number of methoxy groups -OCH3 is 1. The van der Waals surface area contributed by atoms with Gasteiger partial charge in [0.15, 0.2) is 0 Å². The van der Waals surface area contributed by atoms with Crippen molar-refractivity contribution in [2.24, 2.45) is 5.41 Å². The Morgan fingerprint density at radius 3 is 2.44 bits per heavy atom. The number of rotatable bonds is 4. The van der Waals surface area contributed by atoms with Gasteiger partial charge in [0, 0.05) is 12.7 Å². The van der Waals surface area contributed by atoms with Gasteiger partial charge in [-0.25, -0.2) is 0 Å². The number of aliphatic hydroxyl groups is 1. The fourth-order valence-electron chi connectivity index (χ4n) is 1.91. The van der Waals surface area contributed by atoms with Gasteiger partial charge in [-0.05, 0) is 24.3 Å². The molecule has 0 atom stereocenters. The molecule has 5 heteroatoms. The number of hydrogen-bond donors (Lipinski definition) is 1. The first-order chi connectivity index (χ1) is 8.63. The van der Waals surface area contributed by atoms with Crippen LogP contribution in [0.3, 0.4) is 0 Å². The van der Waals surface area contributed by atoms with Crippen LogP contribution in [0.4, 0.5) is 5.69 Å². The molecule has 1 aliphatic rings. The first-order valence-electron chi connectivity index (χ1n) is 5.74.